The molecular formula is C28H26N2O6. The van der Waals surface area contributed by atoms with Crippen molar-refractivity contribution in [3.05, 3.63) is 58.7 Å². The molecule has 8 nitrogen and oxygen atoms in total. The lowest BCUT2D eigenvalue weighted by Gasteiger charge is -2.63. The van der Waals surface area contributed by atoms with Crippen molar-refractivity contribution in [3.8, 4) is 11.5 Å². The van der Waals surface area contributed by atoms with Gasteiger partial charge < -0.3 is 14.9 Å². The quantitative estimate of drug-likeness (QED) is 0.641. The molecule has 2 aromatic rings. The number of likely N-dealkylation sites (tertiary alicyclic amines) is 1. The predicted molar refractivity (Wildman–Crippen MR) is 126 cm³/mol. The average Bonchev–Trinajstić information content (AvgIpc) is 3.56. The highest BCUT2D eigenvalue weighted by molar-refractivity contribution is 6.21. The number of Topliss-reactive ketones (excluding diaryl/α,β-unsaturated/α-hetero) is 1. The lowest BCUT2D eigenvalue weighted by molar-refractivity contribution is -0.182. The number of nitrogens with zero attached hydrogens (tertiary/aromatic N) is 2. The van der Waals surface area contributed by atoms with Crippen LogP contribution in [0.5, 0.6) is 11.5 Å². The van der Waals surface area contributed by atoms with Crippen molar-refractivity contribution in [2.75, 3.05) is 13.1 Å². The SMILES string of the molecule is O=C1c2ccc(O)c3c2[C@]24CCN(CC5CC5)[C@H]1[C@]2(O)CC[C@@H](N1C(=O)c2ccccc2C1=O)[C@@H]4O3. The number of aromatic hydroxyl groups is 1. The Balaban J connectivity index is 1.30. The van der Waals surface area contributed by atoms with Crippen LogP contribution < -0.4 is 4.74 Å². The molecule has 3 aliphatic carbocycles. The molecule has 5 atom stereocenters. The molecule has 8 rings (SSSR count). The van der Waals surface area contributed by atoms with Gasteiger partial charge in [0.05, 0.1) is 22.6 Å². The third-order valence-corrected chi connectivity index (χ3v) is 9.73. The van der Waals surface area contributed by atoms with E-state index in [0.717, 1.165) is 19.4 Å². The maximum atomic E-state index is 13.9. The zero-order valence-corrected chi connectivity index (χ0v) is 19.6. The number of piperidine rings is 1. The highest BCUT2D eigenvalue weighted by Crippen LogP contribution is 2.66. The summed E-state index contributed by atoms with van der Waals surface area (Å²) < 4.78 is 6.45. The number of phenols is 1. The number of hydrogen-bond acceptors (Lipinski definition) is 7. The highest BCUT2D eigenvalue weighted by atomic mass is 16.5. The van der Waals surface area contributed by atoms with Crippen LogP contribution in [0.15, 0.2) is 36.4 Å². The molecule has 1 spiro atoms. The van der Waals surface area contributed by atoms with E-state index in [1.807, 2.05) is 0 Å². The average molecular weight is 487 g/mol. The van der Waals surface area contributed by atoms with Gasteiger partial charge >= 0.3 is 0 Å². The fraction of sp³-hybridized carbons (Fsp3) is 0.464. The molecule has 8 heteroatoms. The van der Waals surface area contributed by atoms with E-state index in [-0.39, 0.29) is 35.5 Å². The minimum Gasteiger partial charge on any atom is -0.504 e. The summed E-state index contributed by atoms with van der Waals surface area (Å²) >= 11 is 0. The molecule has 2 amide bonds. The fourth-order valence-electron chi connectivity index (χ4n) is 8.07. The third kappa shape index (κ3) is 2.22. The predicted octanol–water partition coefficient (Wildman–Crippen LogP) is 2.26. The van der Waals surface area contributed by atoms with Crippen LogP contribution in [0.3, 0.4) is 0 Å². The Morgan fingerprint density at radius 3 is 2.36 bits per heavy atom. The van der Waals surface area contributed by atoms with Crippen LogP contribution in [-0.2, 0) is 5.41 Å². The Kier molecular flexibility index (Phi) is 3.80. The van der Waals surface area contributed by atoms with Gasteiger partial charge in [0.2, 0.25) is 0 Å². The normalized spacial score (nSPS) is 36.1. The molecule has 3 heterocycles. The number of amides is 2. The van der Waals surface area contributed by atoms with Gasteiger partial charge in [-0.05, 0) is 62.3 Å². The van der Waals surface area contributed by atoms with Crippen LogP contribution in [0.1, 0.15) is 68.7 Å². The summed E-state index contributed by atoms with van der Waals surface area (Å²) in [6.45, 7) is 1.39. The molecule has 2 bridgehead atoms. The maximum absolute atomic E-state index is 13.9. The number of rotatable bonds is 3. The number of hydrogen-bond donors (Lipinski definition) is 2. The number of fused-ring (bicyclic) bond motifs is 1. The first-order chi connectivity index (χ1) is 17.4. The Morgan fingerprint density at radius 1 is 0.944 bits per heavy atom. The lowest BCUT2D eigenvalue weighted by Crippen LogP contribution is -2.79. The van der Waals surface area contributed by atoms with E-state index in [1.165, 1.54) is 11.0 Å². The third-order valence-electron chi connectivity index (χ3n) is 9.73. The van der Waals surface area contributed by atoms with E-state index in [2.05, 4.69) is 4.90 Å². The molecule has 2 N–H and O–H groups in total. The van der Waals surface area contributed by atoms with E-state index in [1.54, 1.807) is 30.3 Å². The van der Waals surface area contributed by atoms with Crippen molar-refractivity contribution in [2.45, 2.75) is 61.3 Å². The topological polar surface area (TPSA) is 107 Å². The number of benzene rings is 2. The van der Waals surface area contributed by atoms with E-state index in [9.17, 15) is 24.6 Å². The van der Waals surface area contributed by atoms with Crippen LogP contribution in [0.2, 0.25) is 0 Å². The molecular weight excluding hydrogens is 460 g/mol. The second kappa shape index (κ2) is 6.55. The molecule has 36 heavy (non-hydrogen) atoms. The van der Waals surface area contributed by atoms with Crippen LogP contribution in [0, 0.1) is 5.92 Å². The molecule has 0 radical (unpaired) electrons. The van der Waals surface area contributed by atoms with Crippen molar-refractivity contribution < 1.29 is 29.3 Å². The first-order valence-electron chi connectivity index (χ1n) is 12.9. The molecule has 2 aromatic carbocycles. The maximum Gasteiger partial charge on any atom is 0.261 e. The van der Waals surface area contributed by atoms with E-state index in [4.69, 9.17) is 4.74 Å². The van der Waals surface area contributed by atoms with Crippen LogP contribution in [0.4, 0.5) is 0 Å². The van der Waals surface area contributed by atoms with E-state index < -0.39 is 29.2 Å². The summed E-state index contributed by atoms with van der Waals surface area (Å²) in [4.78, 5) is 44.3. The summed E-state index contributed by atoms with van der Waals surface area (Å²) in [7, 11) is 0. The summed E-state index contributed by atoms with van der Waals surface area (Å²) in [6.07, 6.45) is 2.63. The molecule has 0 unspecified atom stereocenters. The van der Waals surface area contributed by atoms with Crippen LogP contribution >= 0.6 is 0 Å². The van der Waals surface area contributed by atoms with Gasteiger partial charge in [0, 0.05) is 24.2 Å². The van der Waals surface area contributed by atoms with E-state index in [0.29, 0.717) is 47.6 Å². The first-order valence-corrected chi connectivity index (χ1v) is 12.9. The number of ether oxygens (including phenoxy) is 1. The van der Waals surface area contributed by atoms with Crippen molar-refractivity contribution >= 4 is 17.6 Å². The van der Waals surface area contributed by atoms with E-state index >= 15 is 0 Å². The highest BCUT2D eigenvalue weighted by Gasteiger charge is 2.76. The van der Waals surface area contributed by atoms with Gasteiger partial charge in [-0.2, -0.15) is 0 Å². The Morgan fingerprint density at radius 2 is 1.67 bits per heavy atom. The van der Waals surface area contributed by atoms with Gasteiger partial charge in [-0.3, -0.25) is 24.2 Å². The summed E-state index contributed by atoms with van der Waals surface area (Å²) in [5, 5.41) is 23.3. The number of aliphatic hydroxyl groups is 1. The summed E-state index contributed by atoms with van der Waals surface area (Å²) in [5.74, 6) is -0.178. The second-order valence-corrected chi connectivity index (χ2v) is 11.4. The molecule has 6 aliphatic rings. The van der Waals surface area contributed by atoms with Gasteiger partial charge in [0.15, 0.2) is 17.3 Å². The van der Waals surface area contributed by atoms with Gasteiger partial charge in [-0.15, -0.1) is 0 Å². The lowest BCUT2D eigenvalue weighted by atomic mass is 9.48. The van der Waals surface area contributed by atoms with Crippen LogP contribution in [-0.4, -0.2) is 74.5 Å². The zero-order chi connectivity index (χ0) is 24.6. The van der Waals surface area contributed by atoms with Crippen molar-refractivity contribution in [2.24, 2.45) is 5.92 Å². The Labute approximate surface area is 207 Å². The van der Waals surface area contributed by atoms with Gasteiger partial charge in [0.1, 0.15) is 17.7 Å². The van der Waals surface area contributed by atoms with Crippen molar-refractivity contribution in [1.82, 2.24) is 9.80 Å². The minimum atomic E-state index is -1.41. The second-order valence-electron chi connectivity index (χ2n) is 11.4. The zero-order valence-electron chi connectivity index (χ0n) is 19.6. The summed E-state index contributed by atoms with van der Waals surface area (Å²) in [6, 6.07) is 8.59. The molecule has 184 valence electrons. The standard InChI is InChI=1S/C28H26N2O6/c31-19-8-7-17-20-22(19)36-24-18(30-25(33)15-3-1-2-4-16(15)26(30)34)9-10-28(35)23(21(17)32)29(13-14-5-6-14)12-11-27(20,24)28/h1-4,7-8,14,18,23-24,31,35H,5-6,9-13H2/t18-,23-,24+,27+,28-/m1/s1. The molecule has 0 aromatic heterocycles. The minimum absolute atomic E-state index is 0.0901. The Bertz CT molecular complexity index is 1370. The van der Waals surface area contributed by atoms with Crippen molar-refractivity contribution in [1.29, 1.82) is 0 Å². The Hall–Kier alpha value is -3.23. The molecule has 3 fully saturated rings. The number of phenolic OH excluding ortho intramolecular Hbond substituents is 1. The largest absolute Gasteiger partial charge is 0.504 e. The molecule has 3 aliphatic heterocycles. The summed E-state index contributed by atoms with van der Waals surface area (Å²) in [5.41, 5.74) is -0.630. The number of carbonyl (C=O) groups is 3. The van der Waals surface area contributed by atoms with Crippen molar-refractivity contribution in [3.63, 3.8) is 0 Å². The van der Waals surface area contributed by atoms with Gasteiger partial charge in [-0.1, -0.05) is 12.1 Å². The number of carbonyl (C=O) groups excluding carboxylic acids is 3. The van der Waals surface area contributed by atoms with Crippen LogP contribution in [0.25, 0.3) is 0 Å². The first kappa shape index (κ1) is 20.9. The number of ketones is 1. The molecule has 2 saturated carbocycles. The number of imide groups is 1. The smallest absolute Gasteiger partial charge is 0.261 e. The van der Waals surface area contributed by atoms with Gasteiger partial charge in [0.25, 0.3) is 11.8 Å². The fourth-order valence-corrected chi connectivity index (χ4v) is 8.07. The monoisotopic (exact) mass is 486 g/mol. The molecule has 1 saturated heterocycles. The van der Waals surface area contributed by atoms with Gasteiger partial charge in [-0.25, -0.2) is 0 Å².